The quantitative estimate of drug-likeness (QED) is 0.745. The Morgan fingerprint density at radius 3 is 2.50 bits per heavy atom. The SMILES string of the molecule is Cc1nc2ccccc2c(C(=O)NC(C)C2CCN(C(=O)[C@H](C)N)CC2)c1N. The third-order valence-electron chi connectivity index (χ3n) is 5.65. The highest BCUT2D eigenvalue weighted by atomic mass is 16.2. The molecule has 0 saturated carbocycles. The molecule has 1 unspecified atom stereocenters. The number of nitrogens with two attached hydrogens (primary N) is 2. The van der Waals surface area contributed by atoms with Crippen molar-refractivity contribution in [2.75, 3.05) is 18.8 Å². The highest BCUT2D eigenvalue weighted by Crippen LogP contribution is 2.26. The Labute approximate surface area is 165 Å². The van der Waals surface area contributed by atoms with Crippen molar-refractivity contribution in [2.24, 2.45) is 11.7 Å². The summed E-state index contributed by atoms with van der Waals surface area (Å²) in [5.74, 6) is 0.110. The third-order valence-corrected chi connectivity index (χ3v) is 5.65. The predicted molar refractivity (Wildman–Crippen MR) is 111 cm³/mol. The second-order valence-corrected chi connectivity index (χ2v) is 7.72. The first kappa shape index (κ1) is 20.1. The van der Waals surface area contributed by atoms with Crippen LogP contribution in [0.2, 0.25) is 0 Å². The van der Waals surface area contributed by atoms with Crippen LogP contribution in [0.3, 0.4) is 0 Å². The minimum Gasteiger partial charge on any atom is -0.397 e. The van der Waals surface area contributed by atoms with Gasteiger partial charge in [-0.2, -0.15) is 0 Å². The van der Waals surface area contributed by atoms with Crippen molar-refractivity contribution in [3.05, 3.63) is 35.5 Å². The number of likely N-dealkylation sites (tertiary alicyclic amines) is 1. The minimum atomic E-state index is -0.472. The molecular formula is C21H29N5O2. The van der Waals surface area contributed by atoms with E-state index in [1.165, 1.54) is 0 Å². The molecule has 2 heterocycles. The average Bonchev–Trinajstić information content (AvgIpc) is 2.68. The number of fused-ring (bicyclic) bond motifs is 1. The second-order valence-electron chi connectivity index (χ2n) is 7.72. The molecule has 1 aliphatic rings. The van der Waals surface area contributed by atoms with E-state index in [9.17, 15) is 9.59 Å². The van der Waals surface area contributed by atoms with E-state index < -0.39 is 6.04 Å². The monoisotopic (exact) mass is 383 g/mol. The van der Waals surface area contributed by atoms with Gasteiger partial charge in [-0.1, -0.05) is 18.2 Å². The van der Waals surface area contributed by atoms with Crippen molar-refractivity contribution >= 4 is 28.4 Å². The fourth-order valence-electron chi connectivity index (χ4n) is 3.90. The summed E-state index contributed by atoms with van der Waals surface area (Å²) in [5.41, 5.74) is 14.2. The highest BCUT2D eigenvalue weighted by molar-refractivity contribution is 6.10. The van der Waals surface area contributed by atoms with Crippen LogP contribution in [-0.4, -0.2) is 46.9 Å². The van der Waals surface area contributed by atoms with E-state index in [-0.39, 0.29) is 17.9 Å². The highest BCUT2D eigenvalue weighted by Gasteiger charge is 2.29. The van der Waals surface area contributed by atoms with Gasteiger partial charge in [0, 0.05) is 24.5 Å². The molecule has 2 aromatic rings. The summed E-state index contributed by atoms with van der Waals surface area (Å²) in [5, 5.41) is 3.88. The molecule has 0 radical (unpaired) electrons. The van der Waals surface area contributed by atoms with Gasteiger partial charge in [-0.3, -0.25) is 14.6 Å². The van der Waals surface area contributed by atoms with E-state index in [0.717, 1.165) is 23.7 Å². The van der Waals surface area contributed by atoms with Crippen LogP contribution in [0.1, 0.15) is 42.7 Å². The van der Waals surface area contributed by atoms with Crippen LogP contribution in [0.4, 0.5) is 5.69 Å². The molecule has 1 saturated heterocycles. The molecule has 28 heavy (non-hydrogen) atoms. The maximum atomic E-state index is 13.0. The van der Waals surface area contributed by atoms with Gasteiger partial charge in [0.2, 0.25) is 5.91 Å². The number of carbonyl (C=O) groups excluding carboxylic acids is 2. The number of benzene rings is 1. The van der Waals surface area contributed by atoms with Crippen molar-refractivity contribution in [3.8, 4) is 0 Å². The van der Waals surface area contributed by atoms with Crippen LogP contribution >= 0.6 is 0 Å². The molecular weight excluding hydrogens is 354 g/mol. The smallest absolute Gasteiger partial charge is 0.254 e. The van der Waals surface area contributed by atoms with Crippen molar-refractivity contribution in [1.29, 1.82) is 0 Å². The molecule has 1 aromatic carbocycles. The number of para-hydroxylation sites is 1. The first-order valence-electron chi connectivity index (χ1n) is 9.79. The molecule has 2 amide bonds. The van der Waals surface area contributed by atoms with Crippen LogP contribution in [0.5, 0.6) is 0 Å². The van der Waals surface area contributed by atoms with E-state index in [1.807, 2.05) is 43.0 Å². The van der Waals surface area contributed by atoms with Gasteiger partial charge >= 0.3 is 0 Å². The molecule has 1 aromatic heterocycles. The van der Waals surface area contributed by atoms with Gasteiger partial charge in [-0.05, 0) is 45.6 Å². The molecule has 0 aliphatic carbocycles. The van der Waals surface area contributed by atoms with E-state index in [1.54, 1.807) is 6.92 Å². The Balaban J connectivity index is 1.71. The topological polar surface area (TPSA) is 114 Å². The molecule has 150 valence electrons. The molecule has 1 aliphatic heterocycles. The molecule has 7 nitrogen and oxygen atoms in total. The summed E-state index contributed by atoms with van der Waals surface area (Å²) >= 11 is 0. The van der Waals surface area contributed by atoms with Gasteiger partial charge in [0.05, 0.1) is 28.5 Å². The number of piperidine rings is 1. The first-order chi connectivity index (χ1) is 13.3. The fourth-order valence-corrected chi connectivity index (χ4v) is 3.90. The number of carbonyl (C=O) groups is 2. The molecule has 1 fully saturated rings. The molecule has 7 heteroatoms. The lowest BCUT2D eigenvalue weighted by molar-refractivity contribution is -0.133. The number of hydrogen-bond donors (Lipinski definition) is 3. The van der Waals surface area contributed by atoms with Crippen molar-refractivity contribution in [3.63, 3.8) is 0 Å². The first-order valence-corrected chi connectivity index (χ1v) is 9.79. The maximum Gasteiger partial charge on any atom is 0.254 e. The standard InChI is InChI=1S/C21H29N5O2/c1-12(22)21(28)26-10-8-15(9-11-26)13(2)25-20(27)18-16-6-4-5-7-17(16)24-14(3)19(18)23/h4-7,12-13,15H,8-11,22-23H2,1-3H3,(H,25,27)/t12-,13?/m0/s1. The Bertz CT molecular complexity index is 888. The van der Waals surface area contributed by atoms with Crippen LogP contribution in [0.15, 0.2) is 24.3 Å². The lowest BCUT2D eigenvalue weighted by Gasteiger charge is -2.36. The van der Waals surface area contributed by atoms with Gasteiger partial charge in [-0.25, -0.2) is 0 Å². The van der Waals surface area contributed by atoms with Gasteiger partial charge in [-0.15, -0.1) is 0 Å². The van der Waals surface area contributed by atoms with E-state index in [0.29, 0.717) is 36.0 Å². The molecule has 5 N–H and O–H groups in total. The van der Waals surface area contributed by atoms with Crippen molar-refractivity contribution in [2.45, 2.75) is 45.7 Å². The van der Waals surface area contributed by atoms with Gasteiger partial charge in [0.1, 0.15) is 0 Å². The summed E-state index contributed by atoms with van der Waals surface area (Å²) in [6.45, 7) is 6.88. The lowest BCUT2D eigenvalue weighted by Crippen LogP contribution is -2.49. The Hall–Kier alpha value is -2.67. The fraction of sp³-hybridized carbons (Fsp3) is 0.476. The predicted octanol–water partition coefficient (Wildman–Crippen LogP) is 1.83. The Morgan fingerprint density at radius 2 is 1.86 bits per heavy atom. The zero-order valence-corrected chi connectivity index (χ0v) is 16.7. The van der Waals surface area contributed by atoms with E-state index in [2.05, 4.69) is 10.3 Å². The molecule has 0 bridgehead atoms. The zero-order valence-electron chi connectivity index (χ0n) is 16.7. The van der Waals surface area contributed by atoms with Gasteiger partial charge in [0.15, 0.2) is 0 Å². The molecule has 2 atom stereocenters. The molecule has 0 spiro atoms. The summed E-state index contributed by atoms with van der Waals surface area (Å²) < 4.78 is 0. The molecule has 3 rings (SSSR count). The van der Waals surface area contributed by atoms with Crippen LogP contribution in [0.25, 0.3) is 10.9 Å². The summed E-state index contributed by atoms with van der Waals surface area (Å²) in [6.07, 6.45) is 1.68. The Kier molecular flexibility index (Phi) is 5.84. The largest absolute Gasteiger partial charge is 0.397 e. The third kappa shape index (κ3) is 3.94. The second kappa shape index (κ2) is 8.14. The number of pyridine rings is 1. The number of aryl methyl sites for hydroxylation is 1. The maximum absolute atomic E-state index is 13.0. The minimum absolute atomic E-state index is 0.0124. The van der Waals surface area contributed by atoms with Crippen LogP contribution in [-0.2, 0) is 4.79 Å². The van der Waals surface area contributed by atoms with Crippen molar-refractivity contribution in [1.82, 2.24) is 15.2 Å². The number of aromatic nitrogens is 1. The van der Waals surface area contributed by atoms with E-state index >= 15 is 0 Å². The number of nitrogens with one attached hydrogen (secondary N) is 1. The van der Waals surface area contributed by atoms with E-state index in [4.69, 9.17) is 11.5 Å². The average molecular weight is 383 g/mol. The normalized spacial score (nSPS) is 17.4. The summed E-state index contributed by atoms with van der Waals surface area (Å²) in [6, 6.07) is 7.03. The van der Waals surface area contributed by atoms with Gasteiger partial charge < -0.3 is 21.7 Å². The number of nitrogen functional groups attached to an aromatic ring is 1. The van der Waals surface area contributed by atoms with Crippen LogP contribution < -0.4 is 16.8 Å². The van der Waals surface area contributed by atoms with Crippen molar-refractivity contribution < 1.29 is 9.59 Å². The lowest BCUT2D eigenvalue weighted by atomic mass is 9.89. The number of rotatable bonds is 4. The summed E-state index contributed by atoms with van der Waals surface area (Å²) in [7, 11) is 0. The number of amides is 2. The Morgan fingerprint density at radius 1 is 1.21 bits per heavy atom. The number of nitrogens with zero attached hydrogens (tertiary/aromatic N) is 2. The van der Waals surface area contributed by atoms with Gasteiger partial charge in [0.25, 0.3) is 5.91 Å². The zero-order chi connectivity index (χ0) is 20.4. The number of anilines is 1. The van der Waals surface area contributed by atoms with Crippen LogP contribution in [0, 0.1) is 12.8 Å². The summed E-state index contributed by atoms with van der Waals surface area (Å²) in [4.78, 5) is 31.4. The number of hydrogen-bond acceptors (Lipinski definition) is 5.